The molecule has 0 aliphatic heterocycles. The number of ether oxygens (including phenoxy) is 1. The van der Waals surface area contributed by atoms with Crippen LogP contribution in [0.5, 0.6) is 0 Å². The summed E-state index contributed by atoms with van der Waals surface area (Å²) >= 11 is 0. The van der Waals surface area contributed by atoms with Crippen LogP contribution in [0.1, 0.15) is 44.3 Å². The zero-order valence-electron chi connectivity index (χ0n) is 12.7. The molecule has 0 bridgehead atoms. The highest BCUT2D eigenvalue weighted by Crippen LogP contribution is 2.38. The maximum absolute atomic E-state index is 12.4. The van der Waals surface area contributed by atoms with Crippen LogP contribution in [0.3, 0.4) is 0 Å². The van der Waals surface area contributed by atoms with E-state index in [1.165, 1.54) is 20.0 Å². The molecule has 0 saturated heterocycles. The number of carbonyl (C=O) groups is 1. The minimum atomic E-state index is -0.232. The SMILES string of the molecule is CCn1c(C(C(=O)OC)C2CCCC2)nc2ccccc21. The Bertz CT molecular complexity index is 641. The number of hydrogen-bond donors (Lipinski definition) is 0. The molecule has 1 unspecified atom stereocenters. The first-order valence-corrected chi connectivity index (χ1v) is 7.79. The molecule has 1 aromatic carbocycles. The molecule has 1 aliphatic rings. The summed E-state index contributed by atoms with van der Waals surface area (Å²) in [5.41, 5.74) is 2.06. The van der Waals surface area contributed by atoms with E-state index in [0.717, 1.165) is 36.2 Å². The third kappa shape index (κ3) is 2.43. The highest BCUT2D eigenvalue weighted by molar-refractivity contribution is 5.81. The second-order valence-corrected chi connectivity index (χ2v) is 5.75. The molecule has 1 atom stereocenters. The summed E-state index contributed by atoms with van der Waals surface area (Å²) in [5.74, 6) is 0.855. The standard InChI is InChI=1S/C17H22N2O2/c1-3-19-14-11-7-6-10-13(14)18-16(19)15(17(20)21-2)12-8-4-5-9-12/h6-7,10-12,15H,3-5,8-9H2,1-2H3. The lowest BCUT2D eigenvalue weighted by molar-refractivity contribution is -0.144. The Morgan fingerprint density at radius 2 is 2.10 bits per heavy atom. The van der Waals surface area contributed by atoms with Crippen LogP contribution in [0.2, 0.25) is 0 Å². The maximum Gasteiger partial charge on any atom is 0.316 e. The minimum absolute atomic E-state index is 0.146. The van der Waals surface area contributed by atoms with E-state index in [4.69, 9.17) is 9.72 Å². The molecule has 1 aromatic heterocycles. The van der Waals surface area contributed by atoms with Crippen molar-refractivity contribution in [1.29, 1.82) is 0 Å². The molecule has 4 heteroatoms. The molecule has 0 N–H and O–H groups in total. The Morgan fingerprint density at radius 3 is 2.76 bits per heavy atom. The van der Waals surface area contributed by atoms with E-state index in [-0.39, 0.29) is 11.9 Å². The molecular formula is C17H22N2O2. The van der Waals surface area contributed by atoms with Gasteiger partial charge in [-0.25, -0.2) is 4.98 Å². The smallest absolute Gasteiger partial charge is 0.316 e. The monoisotopic (exact) mass is 286 g/mol. The van der Waals surface area contributed by atoms with E-state index < -0.39 is 0 Å². The fourth-order valence-corrected chi connectivity index (χ4v) is 3.59. The van der Waals surface area contributed by atoms with Gasteiger partial charge in [0.05, 0.1) is 18.1 Å². The van der Waals surface area contributed by atoms with E-state index in [1.807, 2.05) is 18.2 Å². The lowest BCUT2D eigenvalue weighted by Gasteiger charge is -2.21. The number of hydrogen-bond acceptors (Lipinski definition) is 3. The van der Waals surface area contributed by atoms with Crippen LogP contribution in [0.25, 0.3) is 11.0 Å². The van der Waals surface area contributed by atoms with Crippen LogP contribution < -0.4 is 0 Å². The van der Waals surface area contributed by atoms with Crippen molar-refractivity contribution in [3.8, 4) is 0 Å². The Labute approximate surface area is 125 Å². The van der Waals surface area contributed by atoms with Crippen molar-refractivity contribution in [1.82, 2.24) is 9.55 Å². The first kappa shape index (κ1) is 14.1. The van der Waals surface area contributed by atoms with Gasteiger partial charge in [0, 0.05) is 6.54 Å². The maximum atomic E-state index is 12.4. The second-order valence-electron chi connectivity index (χ2n) is 5.75. The first-order valence-electron chi connectivity index (χ1n) is 7.79. The summed E-state index contributed by atoms with van der Waals surface area (Å²) in [7, 11) is 1.48. The molecule has 1 saturated carbocycles. The van der Waals surface area contributed by atoms with Crippen LogP contribution in [0, 0.1) is 5.92 Å². The summed E-state index contributed by atoms with van der Waals surface area (Å²) in [6.07, 6.45) is 4.58. The molecule has 0 radical (unpaired) electrons. The average Bonchev–Trinajstić information content (AvgIpc) is 3.14. The number of para-hydroxylation sites is 2. The van der Waals surface area contributed by atoms with Crippen molar-refractivity contribution in [3.05, 3.63) is 30.1 Å². The zero-order valence-corrected chi connectivity index (χ0v) is 12.7. The van der Waals surface area contributed by atoms with Gasteiger partial charge in [-0.05, 0) is 37.8 Å². The summed E-state index contributed by atoms with van der Waals surface area (Å²) in [6, 6.07) is 8.08. The molecule has 3 rings (SSSR count). The number of aromatic nitrogens is 2. The predicted molar refractivity (Wildman–Crippen MR) is 82.1 cm³/mol. The van der Waals surface area contributed by atoms with Gasteiger partial charge in [-0.15, -0.1) is 0 Å². The van der Waals surface area contributed by atoms with Crippen molar-refractivity contribution in [2.75, 3.05) is 7.11 Å². The Morgan fingerprint density at radius 1 is 1.38 bits per heavy atom. The van der Waals surface area contributed by atoms with Crippen LogP contribution in [-0.2, 0) is 16.1 Å². The van der Waals surface area contributed by atoms with Gasteiger partial charge in [0.25, 0.3) is 0 Å². The van der Waals surface area contributed by atoms with Gasteiger partial charge in [0.1, 0.15) is 11.7 Å². The number of rotatable bonds is 4. The molecule has 4 nitrogen and oxygen atoms in total. The summed E-state index contributed by atoms with van der Waals surface area (Å²) in [6.45, 7) is 2.91. The minimum Gasteiger partial charge on any atom is -0.468 e. The molecule has 1 fully saturated rings. The number of nitrogens with zero attached hydrogens (tertiary/aromatic N) is 2. The summed E-state index contributed by atoms with van der Waals surface area (Å²) in [5, 5.41) is 0. The number of aryl methyl sites for hydroxylation is 1. The molecule has 2 aromatic rings. The molecule has 1 heterocycles. The lowest BCUT2D eigenvalue weighted by Crippen LogP contribution is -2.25. The molecule has 0 amide bonds. The van der Waals surface area contributed by atoms with Gasteiger partial charge < -0.3 is 9.30 Å². The number of esters is 1. The van der Waals surface area contributed by atoms with Gasteiger partial charge in [-0.1, -0.05) is 25.0 Å². The number of methoxy groups -OCH3 is 1. The van der Waals surface area contributed by atoms with Gasteiger partial charge in [0.15, 0.2) is 0 Å². The van der Waals surface area contributed by atoms with Crippen LogP contribution in [-0.4, -0.2) is 22.6 Å². The topological polar surface area (TPSA) is 44.1 Å². The first-order chi connectivity index (χ1) is 10.3. The number of imidazole rings is 1. The molecular weight excluding hydrogens is 264 g/mol. The molecule has 1 aliphatic carbocycles. The zero-order chi connectivity index (χ0) is 14.8. The Kier molecular flexibility index (Phi) is 3.95. The fourth-order valence-electron chi connectivity index (χ4n) is 3.59. The van der Waals surface area contributed by atoms with Crippen molar-refractivity contribution in [2.45, 2.75) is 45.1 Å². The van der Waals surface area contributed by atoms with Crippen LogP contribution in [0.4, 0.5) is 0 Å². The highest BCUT2D eigenvalue weighted by atomic mass is 16.5. The lowest BCUT2D eigenvalue weighted by atomic mass is 9.90. The van der Waals surface area contributed by atoms with E-state index in [2.05, 4.69) is 17.6 Å². The van der Waals surface area contributed by atoms with Gasteiger partial charge in [-0.3, -0.25) is 4.79 Å². The van der Waals surface area contributed by atoms with Crippen molar-refractivity contribution in [3.63, 3.8) is 0 Å². The Balaban J connectivity index is 2.11. The van der Waals surface area contributed by atoms with Gasteiger partial charge in [0.2, 0.25) is 0 Å². The van der Waals surface area contributed by atoms with Crippen molar-refractivity contribution in [2.24, 2.45) is 5.92 Å². The van der Waals surface area contributed by atoms with Crippen LogP contribution >= 0.6 is 0 Å². The number of carbonyl (C=O) groups excluding carboxylic acids is 1. The summed E-state index contributed by atoms with van der Waals surface area (Å²) < 4.78 is 7.24. The summed E-state index contributed by atoms with van der Waals surface area (Å²) in [4.78, 5) is 17.1. The van der Waals surface area contributed by atoms with Gasteiger partial charge >= 0.3 is 5.97 Å². The molecule has 0 spiro atoms. The van der Waals surface area contributed by atoms with Gasteiger partial charge in [-0.2, -0.15) is 0 Å². The Hall–Kier alpha value is -1.84. The highest BCUT2D eigenvalue weighted by Gasteiger charge is 2.36. The van der Waals surface area contributed by atoms with E-state index in [0.29, 0.717) is 5.92 Å². The largest absolute Gasteiger partial charge is 0.468 e. The fraction of sp³-hybridized carbons (Fsp3) is 0.529. The third-order valence-corrected chi connectivity index (χ3v) is 4.60. The van der Waals surface area contributed by atoms with Crippen LogP contribution in [0.15, 0.2) is 24.3 Å². The number of benzene rings is 1. The van der Waals surface area contributed by atoms with Crippen molar-refractivity contribution >= 4 is 17.0 Å². The van der Waals surface area contributed by atoms with Crippen molar-refractivity contribution < 1.29 is 9.53 Å². The molecule has 21 heavy (non-hydrogen) atoms. The van der Waals surface area contributed by atoms with E-state index >= 15 is 0 Å². The van der Waals surface area contributed by atoms with E-state index in [9.17, 15) is 4.79 Å². The third-order valence-electron chi connectivity index (χ3n) is 4.60. The average molecular weight is 286 g/mol. The molecule has 112 valence electrons. The normalized spacial score (nSPS) is 17.2. The number of fused-ring (bicyclic) bond motifs is 1. The second kappa shape index (κ2) is 5.88. The quantitative estimate of drug-likeness (QED) is 0.808. The van der Waals surface area contributed by atoms with E-state index in [1.54, 1.807) is 0 Å². The predicted octanol–water partition coefficient (Wildman–Crippen LogP) is 3.50.